The van der Waals surface area contributed by atoms with Gasteiger partial charge < -0.3 is 0 Å². The fourth-order valence-corrected chi connectivity index (χ4v) is 1.89. The standard InChI is InChI=1S/C9H13BrO/c1-7(10)9(2)6-4-3-5-8(9)11/h1,3-6H2,2H3. The quantitative estimate of drug-likeness (QED) is 0.659. The van der Waals surface area contributed by atoms with Crippen LogP contribution >= 0.6 is 15.9 Å². The summed E-state index contributed by atoms with van der Waals surface area (Å²) in [5, 5.41) is 0. The maximum Gasteiger partial charge on any atom is 0.143 e. The minimum atomic E-state index is -0.280. The first-order chi connectivity index (χ1) is 5.07. The van der Waals surface area contributed by atoms with E-state index in [2.05, 4.69) is 22.5 Å². The van der Waals surface area contributed by atoms with Crippen molar-refractivity contribution in [3.05, 3.63) is 11.1 Å². The summed E-state index contributed by atoms with van der Waals surface area (Å²) in [4.78, 5) is 11.5. The second kappa shape index (κ2) is 3.10. The van der Waals surface area contributed by atoms with Gasteiger partial charge in [0, 0.05) is 10.9 Å². The summed E-state index contributed by atoms with van der Waals surface area (Å²) >= 11 is 3.32. The van der Waals surface area contributed by atoms with E-state index in [4.69, 9.17) is 0 Å². The molecule has 62 valence electrons. The molecule has 0 aromatic heterocycles. The average Bonchev–Trinajstić information content (AvgIpc) is 1.95. The smallest absolute Gasteiger partial charge is 0.143 e. The molecule has 1 saturated carbocycles. The van der Waals surface area contributed by atoms with Crippen molar-refractivity contribution >= 4 is 21.7 Å². The normalized spacial score (nSPS) is 32.0. The molecule has 0 aromatic rings. The van der Waals surface area contributed by atoms with Crippen molar-refractivity contribution in [1.29, 1.82) is 0 Å². The lowest BCUT2D eigenvalue weighted by Crippen LogP contribution is -2.30. The molecule has 0 radical (unpaired) electrons. The predicted molar refractivity (Wildman–Crippen MR) is 49.6 cm³/mol. The minimum absolute atomic E-state index is 0.280. The van der Waals surface area contributed by atoms with E-state index < -0.39 is 0 Å². The van der Waals surface area contributed by atoms with Gasteiger partial charge in [0.1, 0.15) is 5.78 Å². The fraction of sp³-hybridized carbons (Fsp3) is 0.667. The molecule has 1 aliphatic rings. The summed E-state index contributed by atoms with van der Waals surface area (Å²) in [6.07, 6.45) is 3.87. The Kier molecular flexibility index (Phi) is 2.53. The Balaban J connectivity index is 2.81. The molecule has 1 aliphatic carbocycles. The maximum atomic E-state index is 11.5. The SMILES string of the molecule is C=C(Br)C1(C)CCCCC1=O. The van der Waals surface area contributed by atoms with Gasteiger partial charge >= 0.3 is 0 Å². The summed E-state index contributed by atoms with van der Waals surface area (Å²) in [6, 6.07) is 0. The number of Topliss-reactive ketones (excluding diaryl/α,β-unsaturated/α-hetero) is 1. The first kappa shape index (κ1) is 8.98. The molecule has 1 unspecified atom stereocenters. The molecule has 2 heteroatoms. The molecule has 1 nitrogen and oxygen atoms in total. The summed E-state index contributed by atoms with van der Waals surface area (Å²) in [6.45, 7) is 5.77. The molecule has 0 spiro atoms. The first-order valence-electron chi connectivity index (χ1n) is 3.95. The number of hydrogen-bond acceptors (Lipinski definition) is 1. The Bertz CT molecular complexity index is 198. The van der Waals surface area contributed by atoms with E-state index in [-0.39, 0.29) is 5.41 Å². The highest BCUT2D eigenvalue weighted by Gasteiger charge is 2.36. The summed E-state index contributed by atoms with van der Waals surface area (Å²) in [5.74, 6) is 0.339. The largest absolute Gasteiger partial charge is 0.299 e. The van der Waals surface area contributed by atoms with Crippen LogP contribution in [0.1, 0.15) is 32.6 Å². The van der Waals surface area contributed by atoms with Gasteiger partial charge in [-0.25, -0.2) is 0 Å². The van der Waals surface area contributed by atoms with E-state index in [0.717, 1.165) is 30.2 Å². The van der Waals surface area contributed by atoms with Crippen molar-refractivity contribution < 1.29 is 4.79 Å². The number of halogens is 1. The Hall–Kier alpha value is -0.110. The second-order valence-corrected chi connectivity index (χ2v) is 4.32. The molecule has 0 amide bonds. The zero-order valence-corrected chi connectivity index (χ0v) is 8.41. The highest BCUT2D eigenvalue weighted by molar-refractivity contribution is 9.11. The Morgan fingerprint density at radius 3 is 2.64 bits per heavy atom. The van der Waals surface area contributed by atoms with Gasteiger partial charge in [-0.15, -0.1) is 0 Å². The van der Waals surface area contributed by atoms with Crippen LogP contribution in [0.2, 0.25) is 0 Å². The molecule has 0 aromatic carbocycles. The highest BCUT2D eigenvalue weighted by atomic mass is 79.9. The van der Waals surface area contributed by atoms with Crippen molar-refractivity contribution in [1.82, 2.24) is 0 Å². The molecule has 11 heavy (non-hydrogen) atoms. The lowest BCUT2D eigenvalue weighted by Gasteiger charge is -2.31. The first-order valence-corrected chi connectivity index (χ1v) is 4.75. The summed E-state index contributed by atoms with van der Waals surface area (Å²) in [7, 11) is 0. The third-order valence-corrected chi connectivity index (χ3v) is 3.42. The minimum Gasteiger partial charge on any atom is -0.299 e. The maximum absolute atomic E-state index is 11.5. The van der Waals surface area contributed by atoms with Gasteiger partial charge in [0.2, 0.25) is 0 Å². The van der Waals surface area contributed by atoms with Gasteiger partial charge in [-0.2, -0.15) is 0 Å². The van der Waals surface area contributed by atoms with E-state index in [1.165, 1.54) is 0 Å². The second-order valence-electron chi connectivity index (χ2n) is 3.37. The van der Waals surface area contributed by atoms with Crippen LogP contribution < -0.4 is 0 Å². The molecular weight excluding hydrogens is 204 g/mol. The average molecular weight is 217 g/mol. The van der Waals surface area contributed by atoms with Gasteiger partial charge in [0.25, 0.3) is 0 Å². The highest BCUT2D eigenvalue weighted by Crippen LogP contribution is 2.40. The van der Waals surface area contributed by atoms with E-state index in [9.17, 15) is 4.79 Å². The monoisotopic (exact) mass is 216 g/mol. The number of rotatable bonds is 1. The molecule has 0 saturated heterocycles. The van der Waals surface area contributed by atoms with E-state index in [0.29, 0.717) is 5.78 Å². The zero-order valence-electron chi connectivity index (χ0n) is 6.82. The molecule has 0 heterocycles. The van der Waals surface area contributed by atoms with Crippen molar-refractivity contribution in [2.24, 2.45) is 5.41 Å². The van der Waals surface area contributed by atoms with Crippen LogP contribution in [-0.4, -0.2) is 5.78 Å². The van der Waals surface area contributed by atoms with Gasteiger partial charge in [-0.1, -0.05) is 28.9 Å². The van der Waals surface area contributed by atoms with Crippen LogP contribution in [0.4, 0.5) is 0 Å². The Morgan fingerprint density at radius 2 is 2.27 bits per heavy atom. The van der Waals surface area contributed by atoms with Crippen LogP contribution in [0.25, 0.3) is 0 Å². The van der Waals surface area contributed by atoms with Gasteiger partial charge in [-0.05, 0) is 19.8 Å². The predicted octanol–water partition coefficient (Wildman–Crippen LogP) is 3.04. The Morgan fingerprint density at radius 1 is 1.64 bits per heavy atom. The number of carbonyl (C=O) groups is 1. The van der Waals surface area contributed by atoms with Crippen LogP contribution in [0, 0.1) is 5.41 Å². The van der Waals surface area contributed by atoms with E-state index in [1.807, 2.05) is 6.92 Å². The van der Waals surface area contributed by atoms with Crippen molar-refractivity contribution in [2.45, 2.75) is 32.6 Å². The molecule has 1 atom stereocenters. The zero-order chi connectivity index (χ0) is 8.48. The van der Waals surface area contributed by atoms with E-state index >= 15 is 0 Å². The third-order valence-electron chi connectivity index (χ3n) is 2.54. The number of hydrogen-bond donors (Lipinski definition) is 0. The molecule has 0 bridgehead atoms. The number of carbonyl (C=O) groups excluding carboxylic acids is 1. The van der Waals surface area contributed by atoms with Crippen molar-refractivity contribution in [3.8, 4) is 0 Å². The third kappa shape index (κ3) is 1.56. The number of ketones is 1. The van der Waals surface area contributed by atoms with E-state index in [1.54, 1.807) is 0 Å². The Labute approximate surface area is 76.0 Å². The van der Waals surface area contributed by atoms with Crippen LogP contribution in [-0.2, 0) is 4.79 Å². The summed E-state index contributed by atoms with van der Waals surface area (Å²) in [5.41, 5.74) is -0.280. The number of allylic oxidation sites excluding steroid dienone is 1. The fourth-order valence-electron chi connectivity index (χ4n) is 1.47. The molecule has 1 fully saturated rings. The van der Waals surface area contributed by atoms with Gasteiger partial charge in [0.15, 0.2) is 0 Å². The lowest BCUT2D eigenvalue weighted by atomic mass is 9.75. The molecule has 0 N–H and O–H groups in total. The van der Waals surface area contributed by atoms with Crippen LogP contribution in [0.15, 0.2) is 11.1 Å². The molecule has 1 rings (SSSR count). The lowest BCUT2D eigenvalue weighted by molar-refractivity contribution is -0.127. The van der Waals surface area contributed by atoms with Crippen molar-refractivity contribution in [2.75, 3.05) is 0 Å². The molecular formula is C9H13BrO. The van der Waals surface area contributed by atoms with Crippen LogP contribution in [0.3, 0.4) is 0 Å². The van der Waals surface area contributed by atoms with Crippen molar-refractivity contribution in [3.63, 3.8) is 0 Å². The van der Waals surface area contributed by atoms with Crippen LogP contribution in [0.5, 0.6) is 0 Å². The topological polar surface area (TPSA) is 17.1 Å². The van der Waals surface area contributed by atoms with Gasteiger partial charge in [0.05, 0.1) is 5.41 Å². The summed E-state index contributed by atoms with van der Waals surface area (Å²) < 4.78 is 0.842. The molecule has 0 aliphatic heterocycles. The van der Waals surface area contributed by atoms with Gasteiger partial charge in [-0.3, -0.25) is 4.79 Å².